The number of carbonyl (C=O) groups excluding carboxylic acids is 1. The van der Waals surface area contributed by atoms with Gasteiger partial charge in [-0.25, -0.2) is 9.97 Å². The molecule has 10 nitrogen and oxygen atoms in total. The van der Waals surface area contributed by atoms with Crippen LogP contribution in [0.15, 0.2) is 24.9 Å². The smallest absolute Gasteiger partial charge is 0.232 e. The number of carbonyl (C=O) groups is 1. The van der Waals surface area contributed by atoms with Crippen LogP contribution in [-0.2, 0) is 4.79 Å². The van der Waals surface area contributed by atoms with Crippen molar-refractivity contribution in [3.05, 3.63) is 24.9 Å². The van der Waals surface area contributed by atoms with Crippen molar-refractivity contribution in [2.75, 3.05) is 30.3 Å². The van der Waals surface area contributed by atoms with Crippen molar-refractivity contribution >= 4 is 34.7 Å². The number of hydrogen-bond donors (Lipinski definition) is 2. The summed E-state index contributed by atoms with van der Waals surface area (Å²) in [4.78, 5) is 36.3. The second-order valence-corrected chi connectivity index (χ2v) is 8.49. The van der Waals surface area contributed by atoms with E-state index < -0.39 is 0 Å². The van der Waals surface area contributed by atoms with Gasteiger partial charge in [0.15, 0.2) is 22.8 Å². The normalized spacial score (nSPS) is 17.2. The molecule has 1 saturated carbocycles. The van der Waals surface area contributed by atoms with E-state index in [1.807, 2.05) is 11.2 Å². The largest absolute Gasteiger partial charge is 0.368 e. The lowest BCUT2D eigenvalue weighted by Gasteiger charge is -2.23. The highest BCUT2D eigenvalue weighted by Gasteiger charge is 2.22. The van der Waals surface area contributed by atoms with Crippen molar-refractivity contribution in [1.29, 1.82) is 0 Å². The summed E-state index contributed by atoms with van der Waals surface area (Å²) < 4.78 is 2.20. The van der Waals surface area contributed by atoms with Crippen LogP contribution < -0.4 is 10.6 Å². The lowest BCUT2D eigenvalue weighted by atomic mass is 9.95. The number of fused-ring (bicyclic) bond motifs is 1. The Morgan fingerprint density at radius 2 is 1.97 bits per heavy atom. The third-order valence-corrected chi connectivity index (χ3v) is 6.26. The summed E-state index contributed by atoms with van der Waals surface area (Å²) in [6.45, 7) is 2.34. The molecule has 3 aromatic rings. The number of rotatable bonds is 8. The number of hydrogen-bond acceptors (Lipinski definition) is 8. The van der Waals surface area contributed by atoms with Crippen LogP contribution in [0, 0.1) is 0 Å². The zero-order valence-corrected chi connectivity index (χ0v) is 18.2. The van der Waals surface area contributed by atoms with Gasteiger partial charge in [0, 0.05) is 44.5 Å². The van der Waals surface area contributed by atoms with Crippen molar-refractivity contribution in [3.63, 3.8) is 0 Å². The fraction of sp³-hybridized carbons (Fsp3) is 0.545. The van der Waals surface area contributed by atoms with Gasteiger partial charge < -0.3 is 20.1 Å². The maximum absolute atomic E-state index is 11.8. The van der Waals surface area contributed by atoms with E-state index >= 15 is 0 Å². The molecule has 2 fully saturated rings. The zero-order valence-electron chi connectivity index (χ0n) is 18.2. The monoisotopic (exact) mass is 435 g/mol. The Labute approximate surface area is 186 Å². The summed E-state index contributed by atoms with van der Waals surface area (Å²) in [5, 5.41) is 6.60. The van der Waals surface area contributed by atoms with E-state index in [0.29, 0.717) is 36.6 Å². The molecule has 1 aliphatic heterocycles. The fourth-order valence-corrected chi connectivity index (χ4v) is 4.62. The molecule has 1 amide bonds. The molecule has 0 unspecified atom stereocenters. The number of nitrogens with one attached hydrogen (secondary N) is 2. The fourth-order valence-electron chi connectivity index (χ4n) is 4.62. The summed E-state index contributed by atoms with van der Waals surface area (Å²) >= 11 is 0. The summed E-state index contributed by atoms with van der Waals surface area (Å²) in [6.07, 6.45) is 15.4. The first kappa shape index (κ1) is 20.6. The molecule has 3 aromatic heterocycles. The maximum atomic E-state index is 11.8. The van der Waals surface area contributed by atoms with Crippen LogP contribution in [0.1, 0.15) is 57.4 Å². The van der Waals surface area contributed by atoms with Crippen LogP contribution in [0.25, 0.3) is 11.2 Å². The summed E-state index contributed by atoms with van der Waals surface area (Å²) in [5.74, 6) is 2.02. The average molecular weight is 436 g/mol. The molecule has 1 aliphatic carbocycles. The minimum absolute atomic E-state index is 0.260. The topological polar surface area (TPSA) is 114 Å². The Hall–Kier alpha value is -3.30. The number of imidazole rings is 1. The Balaban J connectivity index is 1.38. The van der Waals surface area contributed by atoms with E-state index in [-0.39, 0.29) is 5.91 Å². The van der Waals surface area contributed by atoms with Crippen molar-refractivity contribution < 1.29 is 4.79 Å². The molecule has 0 aromatic carbocycles. The lowest BCUT2D eigenvalue weighted by molar-refractivity contribution is -0.127. The molecule has 5 rings (SSSR count). The van der Waals surface area contributed by atoms with Crippen LogP contribution in [-0.4, -0.2) is 59.9 Å². The second kappa shape index (κ2) is 9.46. The quantitative estimate of drug-likeness (QED) is 0.518. The highest BCUT2D eigenvalue weighted by atomic mass is 16.2. The van der Waals surface area contributed by atoms with Gasteiger partial charge in [-0.2, -0.15) is 9.97 Å². The van der Waals surface area contributed by atoms with Gasteiger partial charge >= 0.3 is 0 Å². The van der Waals surface area contributed by atoms with Gasteiger partial charge in [-0.1, -0.05) is 19.3 Å². The van der Waals surface area contributed by atoms with E-state index in [0.717, 1.165) is 49.9 Å². The predicted molar refractivity (Wildman–Crippen MR) is 122 cm³/mol. The van der Waals surface area contributed by atoms with Crippen molar-refractivity contribution in [2.45, 2.75) is 57.4 Å². The summed E-state index contributed by atoms with van der Waals surface area (Å²) in [5.41, 5.74) is 1.60. The van der Waals surface area contributed by atoms with Gasteiger partial charge in [-0.15, -0.1) is 0 Å². The van der Waals surface area contributed by atoms with Gasteiger partial charge in [0.2, 0.25) is 11.9 Å². The Kier molecular flexibility index (Phi) is 6.09. The minimum atomic E-state index is 0.260. The molecule has 10 heteroatoms. The van der Waals surface area contributed by atoms with Crippen LogP contribution in [0.3, 0.4) is 0 Å². The molecular formula is C22H29N9O. The molecule has 0 atom stereocenters. The number of anilines is 3. The molecule has 0 radical (unpaired) electrons. The van der Waals surface area contributed by atoms with Gasteiger partial charge in [0.25, 0.3) is 0 Å². The summed E-state index contributed by atoms with van der Waals surface area (Å²) in [7, 11) is 0. The SMILES string of the molecule is O=C1CCCN1CCCNc1nc(Nc2cnccn2)nc2c1ncn2C1CCCCC1. The van der Waals surface area contributed by atoms with Gasteiger partial charge in [-0.05, 0) is 25.7 Å². The Morgan fingerprint density at radius 1 is 1.06 bits per heavy atom. The first-order valence-corrected chi connectivity index (χ1v) is 11.6. The van der Waals surface area contributed by atoms with E-state index in [9.17, 15) is 4.79 Å². The van der Waals surface area contributed by atoms with Gasteiger partial charge in [0.1, 0.15) is 0 Å². The van der Waals surface area contributed by atoms with Crippen LogP contribution >= 0.6 is 0 Å². The third kappa shape index (κ3) is 4.49. The van der Waals surface area contributed by atoms with Crippen LogP contribution in [0.2, 0.25) is 0 Å². The molecule has 2 N–H and O–H groups in total. The van der Waals surface area contributed by atoms with Crippen molar-refractivity contribution in [1.82, 2.24) is 34.4 Å². The average Bonchev–Trinajstić information content (AvgIpc) is 3.44. The first-order valence-electron chi connectivity index (χ1n) is 11.6. The molecule has 168 valence electrons. The molecular weight excluding hydrogens is 406 g/mol. The third-order valence-electron chi connectivity index (χ3n) is 6.26. The maximum Gasteiger partial charge on any atom is 0.232 e. The number of likely N-dealkylation sites (tertiary alicyclic amines) is 1. The molecule has 1 saturated heterocycles. The first-order chi connectivity index (χ1) is 15.8. The minimum Gasteiger partial charge on any atom is -0.368 e. The van der Waals surface area contributed by atoms with E-state index in [4.69, 9.17) is 4.98 Å². The van der Waals surface area contributed by atoms with Crippen LogP contribution in [0.5, 0.6) is 0 Å². The highest BCUT2D eigenvalue weighted by Crippen LogP contribution is 2.32. The standard InChI is InChI=1S/C22H29N9O/c32-18-8-4-12-30(18)13-5-9-25-20-19-21(31(15-26-19)16-6-2-1-3-7-16)29-22(28-20)27-17-14-23-10-11-24-17/h10-11,14-16H,1-9,12-13H2,(H2,24,25,27,28,29). The second-order valence-electron chi connectivity index (χ2n) is 8.49. The number of aromatic nitrogens is 6. The molecule has 0 bridgehead atoms. The molecule has 0 spiro atoms. The highest BCUT2D eigenvalue weighted by molar-refractivity contribution is 5.84. The Morgan fingerprint density at radius 3 is 2.75 bits per heavy atom. The van der Waals surface area contributed by atoms with E-state index in [1.165, 1.54) is 19.3 Å². The van der Waals surface area contributed by atoms with Crippen molar-refractivity contribution in [3.8, 4) is 0 Å². The van der Waals surface area contributed by atoms with Crippen molar-refractivity contribution in [2.24, 2.45) is 0 Å². The Bertz CT molecular complexity index is 1060. The van der Waals surface area contributed by atoms with Gasteiger partial charge in [0.05, 0.1) is 12.5 Å². The summed E-state index contributed by atoms with van der Waals surface area (Å²) in [6, 6.07) is 0.419. The van der Waals surface area contributed by atoms with Crippen LogP contribution in [0.4, 0.5) is 17.6 Å². The number of nitrogens with zero attached hydrogens (tertiary/aromatic N) is 7. The molecule has 2 aliphatic rings. The van der Waals surface area contributed by atoms with E-state index in [1.54, 1.807) is 18.6 Å². The number of amides is 1. The molecule has 32 heavy (non-hydrogen) atoms. The van der Waals surface area contributed by atoms with Gasteiger partial charge in [-0.3, -0.25) is 9.78 Å². The zero-order chi connectivity index (χ0) is 21.8. The lowest BCUT2D eigenvalue weighted by Crippen LogP contribution is -2.27. The van der Waals surface area contributed by atoms with E-state index in [2.05, 4.69) is 35.1 Å². The molecule has 4 heterocycles. The predicted octanol–water partition coefficient (Wildman–Crippen LogP) is 3.29.